The van der Waals surface area contributed by atoms with E-state index in [1.165, 1.54) is 0 Å². The maximum atomic E-state index is 9.43. The Hall–Kier alpha value is -0.0831. The monoisotopic (exact) mass is 172 g/mol. The van der Waals surface area contributed by atoms with Crippen LogP contribution < -0.4 is 0 Å². The zero-order valence-corrected chi connectivity index (χ0v) is 9.26. The Kier molecular flexibility index (Phi) is 4.04. The summed E-state index contributed by atoms with van der Waals surface area (Å²) >= 11 is 0. The smallest absolute Gasteiger partial charge is 0.0740 e. The third kappa shape index (κ3) is 6.32. The predicted octanol–water partition coefficient (Wildman–Crippen LogP) is 2.44. The summed E-state index contributed by atoms with van der Waals surface area (Å²) in [5.74, 6) is 0.336. The van der Waals surface area contributed by atoms with Gasteiger partial charge >= 0.3 is 0 Å². The molecule has 66 valence electrons. The van der Waals surface area contributed by atoms with E-state index in [1.807, 2.05) is 19.9 Å². The van der Waals surface area contributed by atoms with Crippen LogP contribution in [0.2, 0.25) is 19.6 Å². The topological polar surface area (TPSA) is 20.2 Å². The van der Waals surface area contributed by atoms with Crippen molar-refractivity contribution < 1.29 is 5.11 Å². The van der Waals surface area contributed by atoms with Crippen molar-refractivity contribution in [3.63, 3.8) is 0 Å². The van der Waals surface area contributed by atoms with Crippen molar-refractivity contribution in [2.24, 2.45) is 5.92 Å². The molecule has 11 heavy (non-hydrogen) atoms. The predicted molar refractivity (Wildman–Crippen MR) is 53.3 cm³/mol. The Morgan fingerprint density at radius 3 is 1.91 bits per heavy atom. The zero-order valence-electron chi connectivity index (χ0n) is 8.26. The molecule has 1 atom stereocenters. The molecule has 0 fully saturated rings. The highest BCUT2D eigenvalue weighted by Crippen LogP contribution is 2.07. The SMILES string of the molecule is CC(C)[C@@H](O)/C=C/[Si](C)(C)C. The van der Waals surface area contributed by atoms with E-state index in [0.717, 1.165) is 0 Å². The van der Waals surface area contributed by atoms with Crippen molar-refractivity contribution in [3.8, 4) is 0 Å². The van der Waals surface area contributed by atoms with E-state index in [-0.39, 0.29) is 6.10 Å². The normalized spacial score (nSPS) is 16.3. The average molecular weight is 172 g/mol. The molecule has 0 spiro atoms. The largest absolute Gasteiger partial charge is 0.389 e. The van der Waals surface area contributed by atoms with Crippen molar-refractivity contribution in [3.05, 3.63) is 11.8 Å². The van der Waals surface area contributed by atoms with Crippen molar-refractivity contribution in [1.82, 2.24) is 0 Å². The lowest BCUT2D eigenvalue weighted by Gasteiger charge is -2.13. The Balaban J connectivity index is 3.93. The van der Waals surface area contributed by atoms with E-state index >= 15 is 0 Å². The first-order valence-electron chi connectivity index (χ1n) is 4.20. The zero-order chi connectivity index (χ0) is 9.07. The van der Waals surface area contributed by atoms with Gasteiger partial charge in [-0.25, -0.2) is 0 Å². The summed E-state index contributed by atoms with van der Waals surface area (Å²) in [6.07, 6.45) is 1.68. The summed E-state index contributed by atoms with van der Waals surface area (Å²) in [7, 11) is -1.11. The van der Waals surface area contributed by atoms with E-state index in [0.29, 0.717) is 5.92 Å². The Labute approximate surface area is 71.1 Å². The van der Waals surface area contributed by atoms with E-state index in [4.69, 9.17) is 0 Å². The molecule has 0 saturated carbocycles. The van der Waals surface area contributed by atoms with Crippen LogP contribution in [0.15, 0.2) is 11.8 Å². The Morgan fingerprint density at radius 2 is 1.64 bits per heavy atom. The Bertz CT molecular complexity index is 133. The van der Waals surface area contributed by atoms with Crippen LogP contribution in [0.25, 0.3) is 0 Å². The number of rotatable bonds is 3. The minimum absolute atomic E-state index is 0.262. The standard InChI is InChI=1S/C9H20OSi/c1-8(2)9(10)6-7-11(3,4)5/h6-10H,1-5H3/b7-6+/t9-/m0/s1. The van der Waals surface area contributed by atoms with Gasteiger partial charge in [-0.3, -0.25) is 0 Å². The number of hydrogen-bond acceptors (Lipinski definition) is 1. The quantitative estimate of drug-likeness (QED) is 0.648. The third-order valence-corrected chi connectivity index (χ3v) is 2.67. The van der Waals surface area contributed by atoms with Crippen LogP contribution in [0.1, 0.15) is 13.8 Å². The average Bonchev–Trinajstić information content (AvgIpc) is 1.80. The minimum atomic E-state index is -1.11. The molecule has 0 aromatic carbocycles. The van der Waals surface area contributed by atoms with Crippen molar-refractivity contribution >= 4 is 8.07 Å². The van der Waals surface area contributed by atoms with Gasteiger partial charge in [-0.05, 0) is 5.92 Å². The van der Waals surface area contributed by atoms with Crippen LogP contribution in [-0.2, 0) is 0 Å². The fraction of sp³-hybridized carbons (Fsp3) is 0.778. The second kappa shape index (κ2) is 4.07. The minimum Gasteiger partial charge on any atom is -0.389 e. The third-order valence-electron chi connectivity index (χ3n) is 1.48. The van der Waals surface area contributed by atoms with Gasteiger partial charge in [0.2, 0.25) is 0 Å². The summed E-state index contributed by atoms with van der Waals surface area (Å²) in [5.41, 5.74) is 2.19. The first kappa shape index (κ1) is 10.9. The molecule has 0 bridgehead atoms. The molecule has 0 saturated heterocycles. The lowest BCUT2D eigenvalue weighted by atomic mass is 10.1. The molecule has 1 N–H and O–H groups in total. The number of aliphatic hydroxyl groups is 1. The summed E-state index contributed by atoms with van der Waals surface area (Å²) < 4.78 is 0. The van der Waals surface area contributed by atoms with E-state index in [1.54, 1.807) is 0 Å². The fourth-order valence-electron chi connectivity index (χ4n) is 0.609. The molecular weight excluding hydrogens is 152 g/mol. The van der Waals surface area contributed by atoms with Gasteiger partial charge in [0.15, 0.2) is 0 Å². The highest BCUT2D eigenvalue weighted by Gasteiger charge is 2.10. The van der Waals surface area contributed by atoms with E-state index < -0.39 is 8.07 Å². The molecule has 1 nitrogen and oxygen atoms in total. The molecule has 0 aliphatic rings. The molecule has 2 heteroatoms. The van der Waals surface area contributed by atoms with Crippen LogP contribution in [0.3, 0.4) is 0 Å². The molecule has 0 radical (unpaired) electrons. The summed E-state index contributed by atoms with van der Waals surface area (Å²) in [4.78, 5) is 0. The van der Waals surface area contributed by atoms with Gasteiger partial charge in [-0.15, -0.1) is 0 Å². The van der Waals surface area contributed by atoms with Crippen molar-refractivity contribution in [2.75, 3.05) is 0 Å². The van der Waals surface area contributed by atoms with Gasteiger partial charge in [0.1, 0.15) is 0 Å². The van der Waals surface area contributed by atoms with Crippen LogP contribution in [0.4, 0.5) is 0 Å². The van der Waals surface area contributed by atoms with Crippen molar-refractivity contribution in [1.29, 1.82) is 0 Å². The molecule has 0 aromatic heterocycles. The summed E-state index contributed by atoms with van der Waals surface area (Å²) in [6.45, 7) is 10.8. The van der Waals surface area contributed by atoms with Gasteiger partial charge in [0.25, 0.3) is 0 Å². The molecule has 0 heterocycles. The van der Waals surface area contributed by atoms with E-state index in [2.05, 4.69) is 25.3 Å². The fourth-order valence-corrected chi connectivity index (χ4v) is 1.38. The van der Waals surface area contributed by atoms with Gasteiger partial charge < -0.3 is 5.11 Å². The number of hydrogen-bond donors (Lipinski definition) is 1. The van der Waals surface area contributed by atoms with Crippen LogP contribution >= 0.6 is 0 Å². The number of aliphatic hydroxyl groups excluding tert-OH is 1. The molecule has 0 rings (SSSR count). The van der Waals surface area contributed by atoms with Gasteiger partial charge in [0, 0.05) is 0 Å². The lowest BCUT2D eigenvalue weighted by molar-refractivity contribution is 0.172. The maximum Gasteiger partial charge on any atom is 0.0740 e. The van der Waals surface area contributed by atoms with Crippen molar-refractivity contribution in [2.45, 2.75) is 39.6 Å². The second-order valence-corrected chi connectivity index (χ2v) is 9.53. The molecule has 0 aromatic rings. The molecule has 0 aliphatic heterocycles. The highest BCUT2D eigenvalue weighted by molar-refractivity contribution is 6.80. The van der Waals surface area contributed by atoms with Crippen LogP contribution in [-0.4, -0.2) is 19.3 Å². The highest BCUT2D eigenvalue weighted by atomic mass is 28.3. The molecule has 0 unspecified atom stereocenters. The molecule has 0 aliphatic carbocycles. The van der Waals surface area contributed by atoms with Gasteiger partial charge in [0.05, 0.1) is 14.2 Å². The summed E-state index contributed by atoms with van der Waals surface area (Å²) in [6, 6.07) is 0. The summed E-state index contributed by atoms with van der Waals surface area (Å²) in [5, 5.41) is 9.43. The van der Waals surface area contributed by atoms with E-state index in [9.17, 15) is 5.11 Å². The Morgan fingerprint density at radius 1 is 1.18 bits per heavy atom. The first-order valence-corrected chi connectivity index (χ1v) is 7.78. The van der Waals surface area contributed by atoms with Gasteiger partial charge in [-0.1, -0.05) is 45.3 Å². The first-order chi connectivity index (χ1) is 4.83. The molecule has 0 amide bonds. The second-order valence-electron chi connectivity index (χ2n) is 4.46. The van der Waals surface area contributed by atoms with Crippen LogP contribution in [0.5, 0.6) is 0 Å². The van der Waals surface area contributed by atoms with Gasteiger partial charge in [-0.2, -0.15) is 0 Å². The van der Waals surface area contributed by atoms with Crippen LogP contribution in [0, 0.1) is 5.92 Å². The lowest BCUT2D eigenvalue weighted by Crippen LogP contribution is -2.19. The molecular formula is C9H20OSi. The maximum absolute atomic E-state index is 9.43.